The summed E-state index contributed by atoms with van der Waals surface area (Å²) in [5, 5.41) is 3.43. The predicted molar refractivity (Wildman–Crippen MR) is 100 cm³/mol. The lowest BCUT2D eigenvalue weighted by Crippen LogP contribution is -2.40. The number of nitrogens with one attached hydrogen (secondary N) is 1. The van der Waals surface area contributed by atoms with Gasteiger partial charge in [0.05, 0.1) is 7.11 Å². The number of hydrogen-bond acceptors (Lipinski definition) is 5. The molecule has 0 saturated carbocycles. The first-order valence-electron chi connectivity index (χ1n) is 8.93. The quantitative estimate of drug-likeness (QED) is 0.858. The Balaban J connectivity index is 1.40. The lowest BCUT2D eigenvalue weighted by atomic mass is 9.97. The van der Waals surface area contributed by atoms with Crippen LogP contribution in [0.4, 0.5) is 10.5 Å². The Bertz CT molecular complexity index is 700. The molecule has 1 N–H and O–H groups in total. The first-order chi connectivity index (χ1) is 12.8. The van der Waals surface area contributed by atoms with E-state index >= 15 is 0 Å². The molecule has 26 heavy (non-hydrogen) atoms. The maximum atomic E-state index is 12.3. The van der Waals surface area contributed by atoms with Gasteiger partial charge in [0, 0.05) is 43.3 Å². The molecule has 6 heteroatoms. The molecule has 2 aromatic rings. The SMILES string of the molecule is COc1ccccc1COC(=O)N1CCC(CNc2ccncc2)CC1. The van der Waals surface area contributed by atoms with Gasteiger partial charge in [-0.15, -0.1) is 0 Å². The fourth-order valence-corrected chi connectivity index (χ4v) is 3.10. The molecule has 2 heterocycles. The Hall–Kier alpha value is -2.76. The molecule has 0 spiro atoms. The average Bonchev–Trinajstić information content (AvgIpc) is 2.72. The van der Waals surface area contributed by atoms with E-state index in [0.717, 1.165) is 49.5 Å². The highest BCUT2D eigenvalue weighted by molar-refractivity contribution is 5.67. The van der Waals surface area contributed by atoms with Gasteiger partial charge in [-0.1, -0.05) is 18.2 Å². The summed E-state index contributed by atoms with van der Waals surface area (Å²) in [7, 11) is 1.62. The van der Waals surface area contributed by atoms with Crippen LogP contribution in [0.5, 0.6) is 5.75 Å². The predicted octanol–water partition coefficient (Wildman–Crippen LogP) is 3.55. The zero-order valence-electron chi connectivity index (χ0n) is 15.1. The molecule has 1 aliphatic heterocycles. The van der Waals surface area contributed by atoms with E-state index in [1.807, 2.05) is 36.4 Å². The number of pyridine rings is 1. The van der Waals surface area contributed by atoms with Crippen LogP contribution in [0.15, 0.2) is 48.8 Å². The van der Waals surface area contributed by atoms with Gasteiger partial charge < -0.3 is 19.7 Å². The number of carbonyl (C=O) groups is 1. The highest BCUT2D eigenvalue weighted by Crippen LogP contribution is 2.21. The van der Waals surface area contributed by atoms with Crippen LogP contribution >= 0.6 is 0 Å². The number of methoxy groups -OCH3 is 1. The van der Waals surface area contributed by atoms with Gasteiger partial charge in [-0.05, 0) is 37.0 Å². The number of rotatable bonds is 6. The van der Waals surface area contributed by atoms with Crippen LogP contribution in [-0.4, -0.2) is 42.7 Å². The summed E-state index contributed by atoms with van der Waals surface area (Å²) in [6.45, 7) is 2.60. The molecule has 0 atom stereocenters. The minimum absolute atomic E-state index is 0.229. The van der Waals surface area contributed by atoms with Gasteiger partial charge in [0.15, 0.2) is 0 Å². The Morgan fingerprint density at radius 3 is 2.65 bits per heavy atom. The van der Waals surface area contributed by atoms with Gasteiger partial charge in [-0.3, -0.25) is 4.98 Å². The largest absolute Gasteiger partial charge is 0.496 e. The van der Waals surface area contributed by atoms with Gasteiger partial charge >= 0.3 is 6.09 Å². The van der Waals surface area contributed by atoms with E-state index < -0.39 is 0 Å². The fourth-order valence-electron chi connectivity index (χ4n) is 3.10. The van der Waals surface area contributed by atoms with E-state index in [0.29, 0.717) is 5.92 Å². The summed E-state index contributed by atoms with van der Waals surface area (Å²) in [6.07, 6.45) is 5.26. The molecule has 1 aromatic heterocycles. The number of amides is 1. The number of likely N-dealkylation sites (tertiary alicyclic amines) is 1. The highest BCUT2D eigenvalue weighted by atomic mass is 16.6. The molecular weight excluding hydrogens is 330 g/mol. The molecule has 3 rings (SSSR count). The van der Waals surface area contributed by atoms with Crippen molar-refractivity contribution in [2.75, 3.05) is 32.1 Å². The molecule has 1 amide bonds. The van der Waals surface area contributed by atoms with Gasteiger partial charge in [0.1, 0.15) is 12.4 Å². The van der Waals surface area contributed by atoms with Crippen LogP contribution in [0.1, 0.15) is 18.4 Å². The number of hydrogen-bond donors (Lipinski definition) is 1. The average molecular weight is 355 g/mol. The van der Waals surface area contributed by atoms with E-state index in [1.54, 1.807) is 24.4 Å². The molecule has 0 bridgehead atoms. The van der Waals surface area contributed by atoms with Crippen LogP contribution in [0.25, 0.3) is 0 Å². The summed E-state index contributed by atoms with van der Waals surface area (Å²) in [5.41, 5.74) is 1.96. The lowest BCUT2D eigenvalue weighted by Gasteiger charge is -2.31. The zero-order valence-corrected chi connectivity index (χ0v) is 15.1. The first-order valence-corrected chi connectivity index (χ1v) is 8.93. The Morgan fingerprint density at radius 1 is 1.19 bits per heavy atom. The van der Waals surface area contributed by atoms with Crippen LogP contribution < -0.4 is 10.1 Å². The maximum absolute atomic E-state index is 12.3. The third kappa shape index (κ3) is 4.88. The van der Waals surface area contributed by atoms with Crippen molar-refractivity contribution in [3.8, 4) is 5.75 Å². The minimum atomic E-state index is -0.253. The van der Waals surface area contributed by atoms with E-state index in [9.17, 15) is 4.79 Å². The smallest absolute Gasteiger partial charge is 0.410 e. The molecule has 0 aliphatic carbocycles. The minimum Gasteiger partial charge on any atom is -0.496 e. The summed E-state index contributed by atoms with van der Waals surface area (Å²) < 4.78 is 10.7. The second-order valence-electron chi connectivity index (χ2n) is 6.41. The summed E-state index contributed by atoms with van der Waals surface area (Å²) in [6, 6.07) is 11.5. The number of anilines is 1. The Labute approximate surface area is 154 Å². The van der Waals surface area contributed by atoms with Crippen LogP contribution in [-0.2, 0) is 11.3 Å². The standard InChI is InChI=1S/C20H25N3O3/c1-25-19-5-3-2-4-17(19)15-26-20(24)23-12-8-16(9-13-23)14-22-18-6-10-21-11-7-18/h2-7,10-11,16H,8-9,12-15H2,1H3,(H,21,22). The number of aromatic nitrogens is 1. The third-order valence-corrected chi connectivity index (χ3v) is 4.69. The molecule has 138 valence electrons. The molecule has 1 saturated heterocycles. The lowest BCUT2D eigenvalue weighted by molar-refractivity contribution is 0.0827. The highest BCUT2D eigenvalue weighted by Gasteiger charge is 2.23. The number of piperidine rings is 1. The van der Waals surface area contributed by atoms with Crippen molar-refractivity contribution in [2.45, 2.75) is 19.4 Å². The van der Waals surface area contributed by atoms with E-state index in [4.69, 9.17) is 9.47 Å². The summed E-state index contributed by atoms with van der Waals surface area (Å²) in [5.74, 6) is 1.29. The van der Waals surface area contributed by atoms with E-state index in [1.165, 1.54) is 0 Å². The van der Waals surface area contributed by atoms with Gasteiger partial charge in [-0.2, -0.15) is 0 Å². The zero-order chi connectivity index (χ0) is 18.2. The van der Waals surface area contributed by atoms with Crippen molar-refractivity contribution in [1.82, 2.24) is 9.88 Å². The number of para-hydroxylation sites is 1. The molecule has 0 unspecified atom stereocenters. The summed E-state index contributed by atoms with van der Waals surface area (Å²) >= 11 is 0. The number of ether oxygens (including phenoxy) is 2. The van der Waals surface area contributed by atoms with Crippen molar-refractivity contribution in [3.63, 3.8) is 0 Å². The molecule has 6 nitrogen and oxygen atoms in total. The van der Waals surface area contributed by atoms with Crippen molar-refractivity contribution < 1.29 is 14.3 Å². The van der Waals surface area contributed by atoms with Crippen molar-refractivity contribution >= 4 is 11.8 Å². The topological polar surface area (TPSA) is 63.7 Å². The van der Waals surface area contributed by atoms with Crippen molar-refractivity contribution in [2.24, 2.45) is 5.92 Å². The monoisotopic (exact) mass is 355 g/mol. The van der Waals surface area contributed by atoms with E-state index in [-0.39, 0.29) is 12.7 Å². The Kier molecular flexibility index (Phi) is 6.30. The normalized spacial score (nSPS) is 14.7. The Morgan fingerprint density at radius 2 is 1.92 bits per heavy atom. The number of carbonyl (C=O) groups excluding carboxylic acids is 1. The van der Waals surface area contributed by atoms with Crippen molar-refractivity contribution in [1.29, 1.82) is 0 Å². The number of benzene rings is 1. The molecule has 0 radical (unpaired) electrons. The molecule has 1 fully saturated rings. The maximum Gasteiger partial charge on any atom is 0.410 e. The van der Waals surface area contributed by atoms with E-state index in [2.05, 4.69) is 10.3 Å². The summed E-state index contributed by atoms with van der Waals surface area (Å²) in [4.78, 5) is 18.1. The molecule has 1 aliphatic rings. The van der Waals surface area contributed by atoms with Crippen LogP contribution in [0, 0.1) is 5.92 Å². The fraction of sp³-hybridized carbons (Fsp3) is 0.400. The third-order valence-electron chi connectivity index (χ3n) is 4.69. The van der Waals surface area contributed by atoms with Crippen LogP contribution in [0.2, 0.25) is 0 Å². The van der Waals surface area contributed by atoms with Gasteiger partial charge in [-0.25, -0.2) is 4.79 Å². The molecular formula is C20H25N3O3. The number of nitrogens with zero attached hydrogens (tertiary/aromatic N) is 2. The van der Waals surface area contributed by atoms with Gasteiger partial charge in [0.2, 0.25) is 0 Å². The van der Waals surface area contributed by atoms with Crippen molar-refractivity contribution in [3.05, 3.63) is 54.4 Å². The van der Waals surface area contributed by atoms with Crippen LogP contribution in [0.3, 0.4) is 0 Å². The first kappa shape index (κ1) is 18.0. The van der Waals surface area contributed by atoms with Gasteiger partial charge in [0.25, 0.3) is 0 Å². The second-order valence-corrected chi connectivity index (χ2v) is 6.41. The molecule has 1 aromatic carbocycles. The second kappa shape index (κ2) is 9.08.